The van der Waals surface area contributed by atoms with E-state index in [1.54, 1.807) is 36.4 Å². The van der Waals surface area contributed by atoms with Gasteiger partial charge in [-0.3, -0.25) is 24.6 Å². The number of non-ortho nitro benzene ring substituents is 1. The largest absolute Gasteiger partial charge is 0.491 e. The average molecular weight is 527 g/mol. The first-order valence-corrected chi connectivity index (χ1v) is 12.6. The molecule has 0 N–H and O–H groups in total. The van der Waals surface area contributed by atoms with E-state index in [-0.39, 0.29) is 36.6 Å². The molecule has 8 nitrogen and oxygen atoms in total. The summed E-state index contributed by atoms with van der Waals surface area (Å²) in [5.74, 6) is 0.912. The smallest absolute Gasteiger partial charge is 0.293 e. The molecule has 0 aliphatic carbocycles. The van der Waals surface area contributed by atoms with Crippen molar-refractivity contribution in [1.29, 1.82) is 0 Å². The first kappa shape index (κ1) is 25.0. The van der Waals surface area contributed by atoms with E-state index in [1.807, 2.05) is 48.5 Å². The number of carbonyl (C=O) groups is 2. The minimum absolute atomic E-state index is 0.0183. The average Bonchev–Trinajstić information content (AvgIpc) is 3.19. The molecule has 0 saturated carbocycles. The highest BCUT2D eigenvalue weighted by atomic mass is 32.2. The minimum Gasteiger partial charge on any atom is -0.491 e. The third kappa shape index (κ3) is 5.68. The molecule has 0 unspecified atom stereocenters. The molecule has 38 heavy (non-hydrogen) atoms. The molecule has 0 bridgehead atoms. The van der Waals surface area contributed by atoms with E-state index in [1.165, 1.54) is 17.0 Å². The fourth-order valence-corrected chi connectivity index (χ4v) is 4.85. The molecule has 5 rings (SSSR count). The first-order valence-electron chi connectivity index (χ1n) is 11.8. The Morgan fingerprint density at radius 2 is 1.66 bits per heavy atom. The molecule has 1 saturated heterocycles. The van der Waals surface area contributed by atoms with Gasteiger partial charge in [0, 0.05) is 17.5 Å². The van der Waals surface area contributed by atoms with Crippen LogP contribution in [0.25, 0.3) is 16.8 Å². The van der Waals surface area contributed by atoms with Crippen LogP contribution in [-0.4, -0.2) is 34.1 Å². The van der Waals surface area contributed by atoms with Gasteiger partial charge in [-0.25, -0.2) is 0 Å². The van der Waals surface area contributed by atoms with Crippen molar-refractivity contribution in [3.63, 3.8) is 0 Å². The van der Waals surface area contributed by atoms with E-state index >= 15 is 0 Å². The summed E-state index contributed by atoms with van der Waals surface area (Å²) < 4.78 is 11.7. The number of thioether (sulfide) groups is 1. The molecule has 190 valence electrons. The summed E-state index contributed by atoms with van der Waals surface area (Å²) in [5.41, 5.74) is 1.52. The van der Waals surface area contributed by atoms with Gasteiger partial charge in [-0.15, -0.1) is 0 Å². The lowest BCUT2D eigenvalue weighted by Crippen LogP contribution is -2.32. The number of fused-ring (bicyclic) bond motifs is 1. The van der Waals surface area contributed by atoms with Gasteiger partial charge in [0.05, 0.1) is 16.4 Å². The quantitative estimate of drug-likeness (QED) is 0.141. The van der Waals surface area contributed by atoms with Crippen molar-refractivity contribution >= 4 is 45.4 Å². The van der Waals surface area contributed by atoms with E-state index in [4.69, 9.17) is 9.47 Å². The Balaban J connectivity index is 1.20. The number of hydrogen-bond acceptors (Lipinski definition) is 7. The number of ether oxygens (including phenoxy) is 2. The maximum atomic E-state index is 12.9. The van der Waals surface area contributed by atoms with Crippen molar-refractivity contribution in [2.24, 2.45) is 0 Å². The Morgan fingerprint density at radius 1 is 0.895 bits per heavy atom. The summed E-state index contributed by atoms with van der Waals surface area (Å²) in [7, 11) is 0. The molecule has 0 aromatic heterocycles. The zero-order valence-electron chi connectivity index (χ0n) is 20.1. The molecule has 0 atom stereocenters. The van der Waals surface area contributed by atoms with Crippen LogP contribution in [-0.2, 0) is 11.4 Å². The first-order chi connectivity index (χ1) is 18.5. The van der Waals surface area contributed by atoms with Crippen LogP contribution in [0.2, 0.25) is 0 Å². The van der Waals surface area contributed by atoms with Crippen LogP contribution in [0.4, 0.5) is 10.5 Å². The molecule has 1 aliphatic heterocycles. The topological polar surface area (TPSA) is 99.0 Å². The molecule has 4 aromatic carbocycles. The summed E-state index contributed by atoms with van der Waals surface area (Å²) in [6.45, 7) is 0.559. The Hall–Kier alpha value is -4.63. The monoisotopic (exact) mass is 526 g/mol. The summed E-state index contributed by atoms with van der Waals surface area (Å²) in [5, 5.41) is 12.5. The highest BCUT2D eigenvalue weighted by molar-refractivity contribution is 8.18. The SMILES string of the molecule is O=C1S/C(=C\c2cccc(OCc3ccc([N+](=O)[O-])cc3)c2)C(=O)N1CCOc1cccc2ccccc12. The van der Waals surface area contributed by atoms with Crippen molar-refractivity contribution in [3.8, 4) is 11.5 Å². The van der Waals surface area contributed by atoms with Gasteiger partial charge in [0.1, 0.15) is 24.7 Å². The molecule has 2 amide bonds. The highest BCUT2D eigenvalue weighted by Crippen LogP contribution is 2.33. The van der Waals surface area contributed by atoms with E-state index in [2.05, 4.69) is 0 Å². The van der Waals surface area contributed by atoms with Crippen molar-refractivity contribution in [1.82, 2.24) is 4.90 Å². The molecule has 0 radical (unpaired) electrons. The van der Waals surface area contributed by atoms with Gasteiger partial charge in [-0.2, -0.15) is 0 Å². The number of rotatable bonds is 9. The summed E-state index contributed by atoms with van der Waals surface area (Å²) in [6.07, 6.45) is 1.66. The third-order valence-corrected chi connectivity index (χ3v) is 6.81. The zero-order chi connectivity index (χ0) is 26.5. The van der Waals surface area contributed by atoms with Crippen LogP contribution in [0, 0.1) is 10.1 Å². The van der Waals surface area contributed by atoms with Gasteiger partial charge >= 0.3 is 0 Å². The molecule has 0 spiro atoms. The Bertz CT molecular complexity index is 1550. The zero-order valence-corrected chi connectivity index (χ0v) is 20.9. The minimum atomic E-state index is -0.451. The maximum absolute atomic E-state index is 12.9. The predicted octanol–water partition coefficient (Wildman–Crippen LogP) is 6.44. The summed E-state index contributed by atoms with van der Waals surface area (Å²) in [6, 6.07) is 26.9. The van der Waals surface area contributed by atoms with Crippen LogP contribution >= 0.6 is 11.8 Å². The van der Waals surface area contributed by atoms with Gasteiger partial charge < -0.3 is 9.47 Å². The van der Waals surface area contributed by atoms with Crippen LogP contribution in [0.15, 0.2) is 95.9 Å². The third-order valence-electron chi connectivity index (χ3n) is 5.90. The lowest BCUT2D eigenvalue weighted by Gasteiger charge is -2.14. The fraction of sp³-hybridized carbons (Fsp3) is 0.103. The Morgan fingerprint density at radius 3 is 2.47 bits per heavy atom. The standard InChI is InChI=1S/C29H22N2O6S/c32-28-27(18-21-5-3-8-24(17-21)37-19-20-11-13-23(14-12-20)31(34)35)38-29(33)30(28)15-16-36-26-10-4-7-22-6-1-2-9-25(22)26/h1-14,17-18H,15-16,19H2/b27-18-. The van der Waals surface area contributed by atoms with Crippen molar-refractivity contribution in [2.45, 2.75) is 6.61 Å². The molecular formula is C29H22N2O6S. The van der Waals surface area contributed by atoms with Gasteiger partial charge in [0.2, 0.25) is 0 Å². The molecular weight excluding hydrogens is 504 g/mol. The van der Waals surface area contributed by atoms with E-state index < -0.39 is 4.92 Å². The van der Waals surface area contributed by atoms with Gasteiger partial charge in [0.25, 0.3) is 16.8 Å². The van der Waals surface area contributed by atoms with E-state index in [9.17, 15) is 19.7 Å². The van der Waals surface area contributed by atoms with Gasteiger partial charge in [-0.1, -0.05) is 48.5 Å². The van der Waals surface area contributed by atoms with Crippen LogP contribution < -0.4 is 9.47 Å². The summed E-state index contributed by atoms with van der Waals surface area (Å²) >= 11 is 0.892. The molecule has 1 fully saturated rings. The Labute approximate surface area is 222 Å². The second-order valence-corrected chi connectivity index (χ2v) is 9.44. The van der Waals surface area contributed by atoms with E-state index in [0.717, 1.165) is 28.1 Å². The molecule has 4 aromatic rings. The highest BCUT2D eigenvalue weighted by Gasteiger charge is 2.34. The maximum Gasteiger partial charge on any atom is 0.293 e. The van der Waals surface area contributed by atoms with Crippen molar-refractivity contribution < 1.29 is 24.0 Å². The Kier molecular flexibility index (Phi) is 7.37. The molecule has 1 aliphatic rings. The van der Waals surface area contributed by atoms with Crippen LogP contribution in [0.3, 0.4) is 0 Å². The number of nitro groups is 1. The second kappa shape index (κ2) is 11.2. The van der Waals surface area contributed by atoms with Crippen LogP contribution in [0.1, 0.15) is 11.1 Å². The lowest BCUT2D eigenvalue weighted by atomic mass is 10.1. The normalized spacial score (nSPS) is 14.3. The number of nitrogens with zero attached hydrogens (tertiary/aromatic N) is 2. The van der Waals surface area contributed by atoms with Gasteiger partial charge in [0.15, 0.2) is 0 Å². The van der Waals surface area contributed by atoms with Crippen LogP contribution in [0.5, 0.6) is 11.5 Å². The number of nitro benzene ring substituents is 1. The van der Waals surface area contributed by atoms with Gasteiger partial charge in [-0.05, 0) is 64.7 Å². The molecule has 1 heterocycles. The molecule has 9 heteroatoms. The number of hydrogen-bond donors (Lipinski definition) is 0. The van der Waals surface area contributed by atoms with Crippen molar-refractivity contribution in [3.05, 3.63) is 117 Å². The lowest BCUT2D eigenvalue weighted by molar-refractivity contribution is -0.384. The van der Waals surface area contributed by atoms with E-state index in [0.29, 0.717) is 22.0 Å². The van der Waals surface area contributed by atoms with Crippen molar-refractivity contribution in [2.75, 3.05) is 13.2 Å². The number of imide groups is 1. The summed E-state index contributed by atoms with van der Waals surface area (Å²) in [4.78, 5) is 37.3. The number of amides is 2. The second-order valence-electron chi connectivity index (χ2n) is 8.44. The number of carbonyl (C=O) groups excluding carboxylic acids is 2. The predicted molar refractivity (Wildman–Crippen MR) is 146 cm³/mol. The number of benzene rings is 4. The fourth-order valence-electron chi connectivity index (χ4n) is 3.99.